The third-order valence-electron chi connectivity index (χ3n) is 4.28. The fraction of sp³-hybridized carbons (Fsp3) is 0.381. The fourth-order valence-electron chi connectivity index (χ4n) is 2.95. The molecule has 8 heteroatoms. The van der Waals surface area contributed by atoms with Crippen LogP contribution in [0.2, 0.25) is 5.02 Å². The molecule has 0 heterocycles. The van der Waals surface area contributed by atoms with E-state index in [-0.39, 0.29) is 13.2 Å². The Balaban J connectivity index is 1.92. The molecule has 2 aromatic rings. The van der Waals surface area contributed by atoms with Crippen LogP contribution in [0.4, 0.5) is 5.69 Å². The monoisotopic (exact) mass is 438 g/mol. The molecule has 1 N–H and O–H groups in total. The van der Waals surface area contributed by atoms with E-state index in [1.807, 2.05) is 24.3 Å². The van der Waals surface area contributed by atoms with Crippen LogP contribution in [0, 0.1) is 0 Å². The number of amides is 1. The van der Waals surface area contributed by atoms with Gasteiger partial charge in [0.05, 0.1) is 18.5 Å². The largest absolute Gasteiger partial charge is 0.492 e. The zero-order valence-electron chi connectivity index (χ0n) is 16.9. The first-order valence-corrected chi connectivity index (χ1v) is 11.7. The van der Waals surface area contributed by atoms with E-state index in [4.69, 9.17) is 16.3 Å². The Labute approximate surface area is 177 Å². The molecule has 0 aromatic heterocycles. The number of aryl methyl sites for hydroxylation is 1. The van der Waals surface area contributed by atoms with Crippen LogP contribution in [-0.4, -0.2) is 39.8 Å². The Bertz CT molecular complexity index is 917. The summed E-state index contributed by atoms with van der Waals surface area (Å²) in [4.78, 5) is 12.5. The van der Waals surface area contributed by atoms with Crippen molar-refractivity contribution >= 4 is 33.2 Å². The number of carbonyl (C=O) groups excluding carboxylic acids is 1. The summed E-state index contributed by atoms with van der Waals surface area (Å²) in [6.45, 7) is 4.20. The van der Waals surface area contributed by atoms with Gasteiger partial charge in [0.25, 0.3) is 0 Å². The van der Waals surface area contributed by atoms with E-state index in [0.717, 1.165) is 29.2 Å². The highest BCUT2D eigenvalue weighted by Gasteiger charge is 2.29. The zero-order valence-corrected chi connectivity index (χ0v) is 18.5. The SMILES string of the molecule is CCCc1ccc(OCCNC(=O)C(C)N(c2cccc(Cl)c2)S(C)(=O)=O)cc1. The Morgan fingerprint density at radius 2 is 1.90 bits per heavy atom. The molecule has 2 rings (SSSR count). The lowest BCUT2D eigenvalue weighted by atomic mass is 10.1. The van der Waals surface area contributed by atoms with Crippen LogP contribution < -0.4 is 14.4 Å². The van der Waals surface area contributed by atoms with Gasteiger partial charge in [-0.15, -0.1) is 0 Å². The Kier molecular flexibility index (Phi) is 8.34. The summed E-state index contributed by atoms with van der Waals surface area (Å²) < 4.78 is 31.2. The number of nitrogens with zero attached hydrogens (tertiary/aromatic N) is 1. The number of nitrogens with one attached hydrogen (secondary N) is 1. The summed E-state index contributed by atoms with van der Waals surface area (Å²) in [6.07, 6.45) is 3.17. The van der Waals surface area contributed by atoms with Crippen LogP contribution in [0.3, 0.4) is 0 Å². The molecule has 0 spiro atoms. The highest BCUT2D eigenvalue weighted by Crippen LogP contribution is 2.24. The number of halogens is 1. The van der Waals surface area contributed by atoms with Gasteiger partial charge in [-0.25, -0.2) is 8.42 Å². The molecule has 158 valence electrons. The van der Waals surface area contributed by atoms with Gasteiger partial charge in [0.15, 0.2) is 0 Å². The number of sulfonamides is 1. The maximum atomic E-state index is 12.5. The van der Waals surface area contributed by atoms with Gasteiger partial charge in [-0.05, 0) is 49.2 Å². The lowest BCUT2D eigenvalue weighted by molar-refractivity contribution is -0.121. The van der Waals surface area contributed by atoms with Crippen molar-refractivity contribution in [3.05, 3.63) is 59.1 Å². The van der Waals surface area contributed by atoms with Crippen LogP contribution >= 0.6 is 11.6 Å². The highest BCUT2D eigenvalue weighted by molar-refractivity contribution is 7.92. The second-order valence-corrected chi connectivity index (χ2v) is 9.04. The maximum absolute atomic E-state index is 12.5. The second kappa shape index (κ2) is 10.5. The molecule has 1 atom stereocenters. The second-order valence-electron chi connectivity index (χ2n) is 6.75. The van der Waals surface area contributed by atoms with Crippen LogP contribution in [0.1, 0.15) is 25.8 Å². The minimum Gasteiger partial charge on any atom is -0.492 e. The van der Waals surface area contributed by atoms with Crippen molar-refractivity contribution in [2.45, 2.75) is 32.7 Å². The van der Waals surface area contributed by atoms with Crippen LogP contribution in [-0.2, 0) is 21.2 Å². The molecule has 6 nitrogen and oxygen atoms in total. The summed E-state index contributed by atoms with van der Waals surface area (Å²) in [7, 11) is -3.68. The normalized spacial score (nSPS) is 12.3. The average Bonchev–Trinajstić information content (AvgIpc) is 2.65. The number of rotatable bonds is 10. The van der Waals surface area contributed by atoms with E-state index in [2.05, 4.69) is 12.2 Å². The number of benzene rings is 2. The van der Waals surface area contributed by atoms with Gasteiger partial charge in [-0.2, -0.15) is 0 Å². The minimum atomic E-state index is -3.68. The van der Waals surface area contributed by atoms with Gasteiger partial charge in [0.2, 0.25) is 15.9 Å². The van der Waals surface area contributed by atoms with Crippen molar-refractivity contribution in [3.63, 3.8) is 0 Å². The van der Waals surface area contributed by atoms with Crippen LogP contribution in [0.5, 0.6) is 5.75 Å². The first-order valence-electron chi connectivity index (χ1n) is 9.46. The molecular formula is C21H27ClN2O4S. The summed E-state index contributed by atoms with van der Waals surface area (Å²) in [5, 5.41) is 3.11. The standard InChI is InChI=1S/C21H27ClN2O4S/c1-4-6-17-9-11-20(12-10-17)28-14-13-23-21(25)16(2)24(29(3,26)27)19-8-5-7-18(22)15-19/h5,7-12,15-16H,4,6,13-14H2,1-3H3,(H,23,25). The molecule has 0 bridgehead atoms. The summed E-state index contributed by atoms with van der Waals surface area (Å²) in [6, 6.07) is 13.3. The average molecular weight is 439 g/mol. The number of hydrogen-bond acceptors (Lipinski definition) is 4. The molecule has 0 saturated carbocycles. The van der Waals surface area contributed by atoms with E-state index in [9.17, 15) is 13.2 Å². The summed E-state index contributed by atoms with van der Waals surface area (Å²) in [5.41, 5.74) is 1.59. The molecule has 1 unspecified atom stereocenters. The summed E-state index contributed by atoms with van der Waals surface area (Å²) >= 11 is 5.97. The smallest absolute Gasteiger partial charge is 0.243 e. The Morgan fingerprint density at radius 1 is 1.21 bits per heavy atom. The first kappa shape index (κ1) is 23.0. The predicted molar refractivity (Wildman–Crippen MR) is 117 cm³/mol. The van der Waals surface area contributed by atoms with Gasteiger partial charge in [-0.3, -0.25) is 9.10 Å². The minimum absolute atomic E-state index is 0.257. The predicted octanol–water partition coefficient (Wildman–Crippen LogP) is 3.64. The van der Waals surface area contributed by atoms with Gasteiger partial charge >= 0.3 is 0 Å². The molecule has 2 aromatic carbocycles. The van der Waals surface area contributed by atoms with Crippen LogP contribution in [0.15, 0.2) is 48.5 Å². The van der Waals surface area contributed by atoms with E-state index < -0.39 is 22.0 Å². The van der Waals surface area contributed by atoms with Crippen molar-refractivity contribution in [1.82, 2.24) is 5.32 Å². The van der Waals surface area contributed by atoms with Gasteiger partial charge in [0.1, 0.15) is 18.4 Å². The van der Waals surface area contributed by atoms with Gasteiger partial charge in [-0.1, -0.05) is 43.1 Å². The van der Waals surface area contributed by atoms with Gasteiger partial charge < -0.3 is 10.1 Å². The first-order chi connectivity index (χ1) is 13.7. The topological polar surface area (TPSA) is 75.7 Å². The lowest BCUT2D eigenvalue weighted by Crippen LogP contribution is -2.48. The maximum Gasteiger partial charge on any atom is 0.243 e. The van der Waals surface area contributed by atoms with E-state index in [1.165, 1.54) is 18.6 Å². The van der Waals surface area contributed by atoms with E-state index in [1.54, 1.807) is 18.2 Å². The van der Waals surface area contributed by atoms with Crippen molar-refractivity contribution in [1.29, 1.82) is 0 Å². The number of anilines is 1. The number of carbonyl (C=O) groups is 1. The molecule has 0 aliphatic rings. The molecule has 0 saturated heterocycles. The van der Waals surface area contributed by atoms with E-state index in [0.29, 0.717) is 10.7 Å². The van der Waals surface area contributed by atoms with Crippen molar-refractivity contribution in [2.24, 2.45) is 0 Å². The van der Waals surface area contributed by atoms with Gasteiger partial charge in [0, 0.05) is 5.02 Å². The highest BCUT2D eigenvalue weighted by atomic mass is 35.5. The molecule has 0 fully saturated rings. The molecular weight excluding hydrogens is 412 g/mol. The Morgan fingerprint density at radius 3 is 2.48 bits per heavy atom. The van der Waals surface area contributed by atoms with Crippen molar-refractivity contribution in [3.8, 4) is 5.75 Å². The van der Waals surface area contributed by atoms with Crippen molar-refractivity contribution in [2.75, 3.05) is 23.7 Å². The molecule has 1 amide bonds. The summed E-state index contributed by atoms with van der Waals surface area (Å²) in [5.74, 6) is 0.307. The third-order valence-corrected chi connectivity index (χ3v) is 5.76. The molecule has 0 aliphatic carbocycles. The van der Waals surface area contributed by atoms with Crippen LogP contribution in [0.25, 0.3) is 0 Å². The third kappa shape index (κ3) is 6.94. The fourth-order valence-corrected chi connectivity index (χ4v) is 4.31. The lowest BCUT2D eigenvalue weighted by Gasteiger charge is -2.28. The number of ether oxygens (including phenoxy) is 1. The van der Waals surface area contributed by atoms with E-state index >= 15 is 0 Å². The molecule has 0 aliphatic heterocycles. The molecule has 29 heavy (non-hydrogen) atoms. The number of hydrogen-bond donors (Lipinski definition) is 1. The quantitative estimate of drug-likeness (QED) is 0.574. The molecule has 0 radical (unpaired) electrons. The zero-order chi connectivity index (χ0) is 21.4. The Hall–Kier alpha value is -2.25. The van der Waals surface area contributed by atoms with Crippen molar-refractivity contribution < 1.29 is 17.9 Å².